The summed E-state index contributed by atoms with van der Waals surface area (Å²) in [5.74, 6) is 0. The second kappa shape index (κ2) is 3.76. The van der Waals surface area contributed by atoms with Gasteiger partial charge >= 0.3 is 6.03 Å². The molecule has 0 spiro atoms. The standard InChI is InChI=1S/C8H17N3O/c1-2-10-7(12)11-8(6-9)4-3-5-8/h2-6,9H2,1H3,(H2,10,11,12). The topological polar surface area (TPSA) is 67.2 Å². The molecule has 1 aliphatic rings. The lowest BCUT2D eigenvalue weighted by Crippen LogP contribution is -2.60. The number of nitrogens with two attached hydrogens (primary N) is 1. The van der Waals surface area contributed by atoms with E-state index in [1.165, 1.54) is 6.42 Å². The van der Waals surface area contributed by atoms with E-state index in [1.54, 1.807) is 0 Å². The molecule has 0 bridgehead atoms. The monoisotopic (exact) mass is 171 g/mol. The molecule has 4 heteroatoms. The third kappa shape index (κ3) is 1.88. The zero-order valence-electron chi connectivity index (χ0n) is 7.52. The number of carbonyl (C=O) groups excluding carboxylic acids is 1. The van der Waals surface area contributed by atoms with Gasteiger partial charge in [-0.05, 0) is 26.2 Å². The Labute approximate surface area is 72.9 Å². The first kappa shape index (κ1) is 9.32. The van der Waals surface area contributed by atoms with Gasteiger partial charge in [0.1, 0.15) is 0 Å². The summed E-state index contributed by atoms with van der Waals surface area (Å²) in [6, 6.07) is -0.0948. The van der Waals surface area contributed by atoms with Crippen molar-refractivity contribution in [1.82, 2.24) is 10.6 Å². The molecule has 4 N–H and O–H groups in total. The van der Waals surface area contributed by atoms with Crippen LogP contribution in [0.1, 0.15) is 26.2 Å². The van der Waals surface area contributed by atoms with Gasteiger partial charge < -0.3 is 16.4 Å². The van der Waals surface area contributed by atoms with Crippen LogP contribution in [0.5, 0.6) is 0 Å². The average Bonchev–Trinajstić information content (AvgIpc) is 1.97. The predicted octanol–water partition coefficient (Wildman–Crippen LogP) is 0.187. The molecule has 0 aliphatic heterocycles. The minimum Gasteiger partial charge on any atom is -0.338 e. The van der Waals surface area contributed by atoms with Gasteiger partial charge in [0.2, 0.25) is 0 Å². The highest BCUT2D eigenvalue weighted by atomic mass is 16.2. The highest BCUT2D eigenvalue weighted by Gasteiger charge is 2.36. The summed E-state index contributed by atoms with van der Waals surface area (Å²) in [7, 11) is 0. The number of hydrogen-bond acceptors (Lipinski definition) is 2. The van der Waals surface area contributed by atoms with E-state index in [0.717, 1.165) is 12.8 Å². The van der Waals surface area contributed by atoms with Crippen molar-refractivity contribution < 1.29 is 4.79 Å². The fourth-order valence-corrected chi connectivity index (χ4v) is 1.43. The second-order valence-electron chi connectivity index (χ2n) is 3.32. The largest absolute Gasteiger partial charge is 0.338 e. The van der Waals surface area contributed by atoms with Gasteiger partial charge in [-0.1, -0.05) is 0 Å². The molecule has 0 heterocycles. The Morgan fingerprint density at radius 1 is 1.58 bits per heavy atom. The molecule has 12 heavy (non-hydrogen) atoms. The molecule has 0 aromatic rings. The smallest absolute Gasteiger partial charge is 0.315 e. The molecular formula is C8H17N3O. The Bertz CT molecular complexity index is 160. The van der Waals surface area contributed by atoms with E-state index in [2.05, 4.69) is 10.6 Å². The maximum atomic E-state index is 11.1. The lowest BCUT2D eigenvalue weighted by molar-refractivity contribution is 0.183. The average molecular weight is 171 g/mol. The van der Waals surface area contributed by atoms with E-state index in [9.17, 15) is 4.79 Å². The molecule has 70 valence electrons. The van der Waals surface area contributed by atoms with Crippen molar-refractivity contribution in [2.45, 2.75) is 31.7 Å². The summed E-state index contributed by atoms with van der Waals surface area (Å²) in [5.41, 5.74) is 5.47. The summed E-state index contributed by atoms with van der Waals surface area (Å²) >= 11 is 0. The van der Waals surface area contributed by atoms with E-state index >= 15 is 0 Å². The van der Waals surface area contributed by atoms with Crippen LogP contribution in [0.2, 0.25) is 0 Å². The Morgan fingerprint density at radius 3 is 2.58 bits per heavy atom. The van der Waals surface area contributed by atoms with E-state index < -0.39 is 0 Å². The van der Waals surface area contributed by atoms with E-state index in [4.69, 9.17) is 5.73 Å². The minimum absolute atomic E-state index is 0.0948. The van der Waals surface area contributed by atoms with Crippen molar-refractivity contribution in [3.63, 3.8) is 0 Å². The van der Waals surface area contributed by atoms with Crippen LogP contribution in [0.4, 0.5) is 4.79 Å². The lowest BCUT2D eigenvalue weighted by atomic mass is 9.77. The van der Waals surface area contributed by atoms with E-state index in [0.29, 0.717) is 13.1 Å². The van der Waals surface area contributed by atoms with Crippen LogP contribution in [0.15, 0.2) is 0 Å². The highest BCUT2D eigenvalue weighted by molar-refractivity contribution is 5.74. The van der Waals surface area contributed by atoms with Crippen molar-refractivity contribution in [3.8, 4) is 0 Å². The molecule has 0 unspecified atom stereocenters. The third-order valence-electron chi connectivity index (χ3n) is 2.42. The number of nitrogens with one attached hydrogen (secondary N) is 2. The number of carbonyl (C=O) groups is 1. The van der Waals surface area contributed by atoms with Crippen LogP contribution >= 0.6 is 0 Å². The van der Waals surface area contributed by atoms with Crippen molar-refractivity contribution >= 4 is 6.03 Å². The van der Waals surface area contributed by atoms with E-state index in [1.807, 2.05) is 6.92 Å². The zero-order valence-corrected chi connectivity index (χ0v) is 7.52. The fraction of sp³-hybridized carbons (Fsp3) is 0.875. The predicted molar refractivity (Wildman–Crippen MR) is 47.8 cm³/mol. The molecule has 0 atom stereocenters. The van der Waals surface area contributed by atoms with E-state index in [-0.39, 0.29) is 11.6 Å². The summed E-state index contributed by atoms with van der Waals surface area (Å²) in [5, 5.41) is 5.60. The molecule has 2 amide bonds. The Hall–Kier alpha value is -0.770. The van der Waals surface area contributed by atoms with Crippen molar-refractivity contribution in [3.05, 3.63) is 0 Å². The molecule has 1 saturated carbocycles. The lowest BCUT2D eigenvalue weighted by Gasteiger charge is -2.41. The molecule has 0 radical (unpaired) electrons. The van der Waals surface area contributed by atoms with Crippen LogP contribution in [-0.2, 0) is 0 Å². The molecule has 1 rings (SSSR count). The SMILES string of the molecule is CCNC(=O)NC1(CN)CCC1. The summed E-state index contributed by atoms with van der Waals surface area (Å²) in [4.78, 5) is 11.1. The molecular weight excluding hydrogens is 154 g/mol. The van der Waals surface area contributed by atoms with Gasteiger partial charge in [-0.3, -0.25) is 0 Å². The Kier molecular flexibility index (Phi) is 2.92. The van der Waals surface area contributed by atoms with Crippen LogP contribution in [0, 0.1) is 0 Å². The molecule has 4 nitrogen and oxygen atoms in total. The number of hydrogen-bond donors (Lipinski definition) is 3. The van der Waals surface area contributed by atoms with Gasteiger partial charge in [0, 0.05) is 13.1 Å². The second-order valence-corrected chi connectivity index (χ2v) is 3.32. The fourth-order valence-electron chi connectivity index (χ4n) is 1.43. The molecule has 0 saturated heterocycles. The molecule has 0 aromatic carbocycles. The van der Waals surface area contributed by atoms with Gasteiger partial charge in [0.25, 0.3) is 0 Å². The Balaban J connectivity index is 2.32. The van der Waals surface area contributed by atoms with Gasteiger partial charge in [-0.2, -0.15) is 0 Å². The van der Waals surface area contributed by atoms with Crippen LogP contribution in [-0.4, -0.2) is 24.7 Å². The normalized spacial score (nSPS) is 19.5. The minimum atomic E-state index is -0.0980. The van der Waals surface area contributed by atoms with Crippen LogP contribution in [0.25, 0.3) is 0 Å². The molecule has 0 aromatic heterocycles. The van der Waals surface area contributed by atoms with Gasteiger partial charge in [0.05, 0.1) is 5.54 Å². The van der Waals surface area contributed by atoms with Gasteiger partial charge in [-0.15, -0.1) is 0 Å². The maximum Gasteiger partial charge on any atom is 0.315 e. The van der Waals surface area contributed by atoms with Crippen molar-refractivity contribution in [2.24, 2.45) is 5.73 Å². The quantitative estimate of drug-likeness (QED) is 0.567. The van der Waals surface area contributed by atoms with Gasteiger partial charge in [0.15, 0.2) is 0 Å². The summed E-state index contributed by atoms with van der Waals surface area (Å²) in [6.07, 6.45) is 3.20. The van der Waals surface area contributed by atoms with Crippen molar-refractivity contribution in [2.75, 3.05) is 13.1 Å². The van der Waals surface area contributed by atoms with Crippen LogP contribution in [0.3, 0.4) is 0 Å². The first-order valence-electron chi connectivity index (χ1n) is 4.48. The summed E-state index contributed by atoms with van der Waals surface area (Å²) < 4.78 is 0. The zero-order chi connectivity index (χ0) is 9.03. The van der Waals surface area contributed by atoms with Crippen LogP contribution < -0.4 is 16.4 Å². The molecule has 1 fully saturated rings. The molecule has 1 aliphatic carbocycles. The highest BCUT2D eigenvalue weighted by Crippen LogP contribution is 2.30. The third-order valence-corrected chi connectivity index (χ3v) is 2.42. The maximum absolute atomic E-state index is 11.1. The van der Waals surface area contributed by atoms with Crippen molar-refractivity contribution in [1.29, 1.82) is 0 Å². The Morgan fingerprint density at radius 2 is 2.25 bits per heavy atom. The number of rotatable bonds is 3. The summed E-state index contributed by atoms with van der Waals surface area (Å²) in [6.45, 7) is 3.10. The number of amides is 2. The first-order valence-corrected chi connectivity index (χ1v) is 4.48. The number of urea groups is 1. The van der Waals surface area contributed by atoms with Gasteiger partial charge in [-0.25, -0.2) is 4.79 Å². The first-order chi connectivity index (χ1) is 5.72.